The molecule has 2 aliphatic rings. The van der Waals surface area contributed by atoms with Gasteiger partial charge in [-0.2, -0.15) is 4.39 Å². The van der Waals surface area contributed by atoms with Crippen molar-refractivity contribution in [2.45, 2.75) is 31.6 Å². The summed E-state index contributed by atoms with van der Waals surface area (Å²) in [5.41, 5.74) is 0. The van der Waals surface area contributed by atoms with Crippen LogP contribution in [0.15, 0.2) is 29.1 Å². The van der Waals surface area contributed by atoms with Gasteiger partial charge in [0.2, 0.25) is 5.95 Å². The minimum Gasteiger partial charge on any atom is -0.400 e. The van der Waals surface area contributed by atoms with Crippen LogP contribution in [0.25, 0.3) is 0 Å². The van der Waals surface area contributed by atoms with Crippen LogP contribution in [-0.2, 0) is 0 Å². The number of halogens is 3. The first-order chi connectivity index (χ1) is 13.4. The number of nitrogens with zero attached hydrogens (tertiary/aromatic N) is 2. The number of hydrogen-bond donors (Lipinski definition) is 3. The maximum Gasteiger partial charge on any atom is 0.214 e. The second kappa shape index (κ2) is 12.6. The molecule has 160 valence electrons. The molecule has 0 spiro atoms. The van der Waals surface area contributed by atoms with Crippen molar-refractivity contribution in [3.05, 3.63) is 35.0 Å². The van der Waals surface area contributed by atoms with Crippen molar-refractivity contribution in [1.82, 2.24) is 15.2 Å². The predicted molar refractivity (Wildman–Crippen MR) is 115 cm³/mol. The zero-order valence-corrected chi connectivity index (χ0v) is 18.6. The summed E-state index contributed by atoms with van der Waals surface area (Å²) in [6.45, 7) is 6.16. The fraction of sp³-hybridized carbons (Fsp3) is 0.632. The van der Waals surface area contributed by atoms with Gasteiger partial charge in [-0.1, -0.05) is 31.5 Å². The Morgan fingerprint density at radius 3 is 2.36 bits per heavy atom. The molecular formula is C19H31ClF2N4OS. The van der Waals surface area contributed by atoms with E-state index in [-0.39, 0.29) is 23.0 Å². The van der Waals surface area contributed by atoms with Crippen LogP contribution in [-0.4, -0.2) is 60.6 Å². The van der Waals surface area contributed by atoms with Gasteiger partial charge in [0.15, 0.2) is 0 Å². The molecule has 5 nitrogen and oxygen atoms in total. The fourth-order valence-corrected chi connectivity index (χ4v) is 4.54. The van der Waals surface area contributed by atoms with E-state index in [0.29, 0.717) is 16.8 Å². The minimum atomic E-state index is -0.562. The van der Waals surface area contributed by atoms with Crippen LogP contribution in [0.4, 0.5) is 14.6 Å². The summed E-state index contributed by atoms with van der Waals surface area (Å²) in [6.07, 6.45) is 0.828. The standard InChI is InChI=1S/C16H20ClF2N3S.C2H7N.CH4O/c1-9-7-22(8-9)11-6-10(2)16(15(19)14(11)17)23-21-13-5-3-4-12(18)20-13;1-3-2;1-2/h3-5,9-11,16H,6-8H2,1-2H3,(H,20,21);3H,1-2H3;2H,1H3. The highest BCUT2D eigenvalue weighted by Crippen LogP contribution is 2.42. The number of pyridine rings is 1. The molecule has 0 radical (unpaired) electrons. The van der Waals surface area contributed by atoms with Crippen LogP contribution >= 0.6 is 23.5 Å². The van der Waals surface area contributed by atoms with Gasteiger partial charge in [0.25, 0.3) is 0 Å². The molecule has 3 unspecified atom stereocenters. The van der Waals surface area contributed by atoms with Crippen LogP contribution in [0.2, 0.25) is 0 Å². The van der Waals surface area contributed by atoms with E-state index >= 15 is 0 Å². The van der Waals surface area contributed by atoms with Gasteiger partial charge in [0, 0.05) is 26.2 Å². The van der Waals surface area contributed by atoms with Gasteiger partial charge in [-0.15, -0.1) is 0 Å². The van der Waals surface area contributed by atoms with E-state index < -0.39 is 5.95 Å². The van der Waals surface area contributed by atoms with Gasteiger partial charge >= 0.3 is 0 Å². The Hall–Kier alpha value is -0.930. The monoisotopic (exact) mass is 436 g/mol. The fourth-order valence-electron chi connectivity index (χ4n) is 3.19. The summed E-state index contributed by atoms with van der Waals surface area (Å²) in [6, 6.07) is 4.48. The molecule has 3 N–H and O–H groups in total. The molecule has 1 aliphatic carbocycles. The average molecular weight is 437 g/mol. The normalized spacial score (nSPS) is 25.1. The van der Waals surface area contributed by atoms with E-state index in [9.17, 15) is 8.78 Å². The lowest BCUT2D eigenvalue weighted by molar-refractivity contribution is 0.0653. The van der Waals surface area contributed by atoms with Crippen molar-refractivity contribution >= 4 is 29.4 Å². The summed E-state index contributed by atoms with van der Waals surface area (Å²) >= 11 is 7.51. The lowest BCUT2D eigenvalue weighted by Gasteiger charge is -2.46. The molecule has 2 heterocycles. The maximum atomic E-state index is 14.7. The number of hydrogen-bond acceptors (Lipinski definition) is 6. The summed E-state index contributed by atoms with van der Waals surface area (Å²) in [7, 11) is 4.75. The first-order valence-electron chi connectivity index (χ1n) is 9.23. The van der Waals surface area contributed by atoms with Crippen LogP contribution in [0, 0.1) is 17.8 Å². The number of rotatable bonds is 4. The van der Waals surface area contributed by atoms with Gasteiger partial charge in [0.05, 0.1) is 10.3 Å². The van der Waals surface area contributed by atoms with Gasteiger partial charge < -0.3 is 15.1 Å². The Bertz CT molecular complexity index is 632. The predicted octanol–water partition coefficient (Wildman–Crippen LogP) is 3.87. The van der Waals surface area contributed by atoms with Crippen molar-refractivity contribution < 1.29 is 13.9 Å². The summed E-state index contributed by atoms with van der Waals surface area (Å²) in [5.74, 6) is 0.331. The molecular weight excluding hydrogens is 406 g/mol. The van der Waals surface area contributed by atoms with E-state index in [1.54, 1.807) is 12.1 Å². The Kier molecular flexibility index (Phi) is 11.3. The molecule has 1 aliphatic heterocycles. The number of aromatic nitrogens is 1. The summed E-state index contributed by atoms with van der Waals surface area (Å²) in [4.78, 5) is 5.96. The first-order valence-corrected chi connectivity index (χ1v) is 10.5. The second-order valence-corrected chi connectivity index (χ2v) is 8.32. The third-order valence-corrected chi connectivity index (χ3v) is 6.11. The number of anilines is 1. The Balaban J connectivity index is 0.000000717. The molecule has 3 rings (SSSR count). The molecule has 1 saturated heterocycles. The third-order valence-electron chi connectivity index (χ3n) is 4.42. The zero-order valence-electron chi connectivity index (χ0n) is 17.0. The van der Waals surface area contributed by atoms with E-state index in [0.717, 1.165) is 26.6 Å². The number of likely N-dealkylation sites (tertiary alicyclic amines) is 1. The zero-order chi connectivity index (χ0) is 21.3. The molecule has 1 aromatic rings. The van der Waals surface area contributed by atoms with Crippen LogP contribution in [0.1, 0.15) is 20.3 Å². The highest BCUT2D eigenvalue weighted by molar-refractivity contribution is 8.01. The maximum absolute atomic E-state index is 14.7. The SMILES string of the molecule is CC1CN(C2CC(C)C(SNc3cccc(F)n3)C(F)=C2Cl)C1.CNC.CO. The lowest BCUT2D eigenvalue weighted by Crippen LogP contribution is -2.53. The third kappa shape index (κ3) is 6.84. The Labute approximate surface area is 176 Å². The number of aliphatic hydroxyl groups excluding tert-OH is 1. The van der Waals surface area contributed by atoms with Gasteiger partial charge in [-0.25, -0.2) is 9.37 Å². The van der Waals surface area contributed by atoms with Crippen molar-refractivity contribution in [3.8, 4) is 0 Å². The Morgan fingerprint density at radius 2 is 1.82 bits per heavy atom. The molecule has 0 bridgehead atoms. The molecule has 0 saturated carbocycles. The molecule has 0 aromatic carbocycles. The second-order valence-electron chi connectivity index (χ2n) is 6.97. The molecule has 28 heavy (non-hydrogen) atoms. The lowest BCUT2D eigenvalue weighted by atomic mass is 9.87. The molecule has 0 amide bonds. The van der Waals surface area contributed by atoms with E-state index in [1.807, 2.05) is 21.0 Å². The largest absolute Gasteiger partial charge is 0.400 e. The highest BCUT2D eigenvalue weighted by atomic mass is 35.5. The van der Waals surface area contributed by atoms with Gasteiger partial charge in [0.1, 0.15) is 11.6 Å². The van der Waals surface area contributed by atoms with E-state index in [4.69, 9.17) is 16.7 Å². The smallest absolute Gasteiger partial charge is 0.214 e. The molecule has 1 aromatic heterocycles. The first kappa shape index (κ1) is 25.1. The molecule has 3 atom stereocenters. The van der Waals surface area contributed by atoms with E-state index in [2.05, 4.69) is 26.8 Å². The highest BCUT2D eigenvalue weighted by Gasteiger charge is 2.41. The average Bonchev–Trinajstić information content (AvgIpc) is 2.65. The van der Waals surface area contributed by atoms with Crippen LogP contribution in [0.3, 0.4) is 0 Å². The number of nitrogens with one attached hydrogen (secondary N) is 2. The summed E-state index contributed by atoms with van der Waals surface area (Å²) < 4.78 is 30.7. The molecule has 1 fully saturated rings. The Morgan fingerprint density at radius 1 is 1.21 bits per heavy atom. The van der Waals surface area contributed by atoms with Gasteiger partial charge in [-0.05, 0) is 56.4 Å². The molecule has 9 heteroatoms. The van der Waals surface area contributed by atoms with Crippen molar-refractivity contribution in [3.63, 3.8) is 0 Å². The van der Waals surface area contributed by atoms with Crippen molar-refractivity contribution in [2.24, 2.45) is 11.8 Å². The summed E-state index contributed by atoms with van der Waals surface area (Å²) in [5, 5.41) is 9.68. The van der Waals surface area contributed by atoms with Crippen molar-refractivity contribution in [1.29, 1.82) is 0 Å². The van der Waals surface area contributed by atoms with Gasteiger partial charge in [-0.3, -0.25) is 4.90 Å². The van der Waals surface area contributed by atoms with Crippen LogP contribution in [0.5, 0.6) is 0 Å². The minimum absolute atomic E-state index is 0.00740. The van der Waals surface area contributed by atoms with Crippen molar-refractivity contribution in [2.75, 3.05) is 39.0 Å². The quantitative estimate of drug-likeness (QED) is 0.492. The topological polar surface area (TPSA) is 60.4 Å². The number of aliphatic hydroxyl groups is 1. The van der Waals surface area contributed by atoms with E-state index in [1.165, 1.54) is 18.0 Å². The van der Waals surface area contributed by atoms with Crippen LogP contribution < -0.4 is 10.0 Å².